The number of alkyl halides is 3. The van der Waals surface area contributed by atoms with E-state index in [4.69, 9.17) is 22.1 Å². The summed E-state index contributed by atoms with van der Waals surface area (Å²) in [6.45, 7) is -1.44. The van der Waals surface area contributed by atoms with Crippen molar-refractivity contribution in [2.24, 2.45) is 0 Å². The third-order valence-electron chi connectivity index (χ3n) is 9.86. The zero-order chi connectivity index (χ0) is 36.5. The summed E-state index contributed by atoms with van der Waals surface area (Å²) in [7, 11) is 0. The molecule has 0 radical (unpaired) electrons. The number of ether oxygens (including phenoxy) is 1. The van der Waals surface area contributed by atoms with Gasteiger partial charge in [-0.25, -0.2) is 41.3 Å². The van der Waals surface area contributed by atoms with Gasteiger partial charge >= 0.3 is 12.0 Å². The summed E-state index contributed by atoms with van der Waals surface area (Å²) < 4.78 is 84.6. The highest BCUT2D eigenvalue weighted by atomic mass is 35.5. The normalized spacial score (nSPS) is 21.8. The lowest BCUT2D eigenvalue weighted by molar-refractivity contribution is -0.00661. The summed E-state index contributed by atoms with van der Waals surface area (Å²) >= 11 is 7.61. The van der Waals surface area contributed by atoms with Crippen molar-refractivity contribution in [3.05, 3.63) is 53.1 Å². The van der Waals surface area contributed by atoms with Crippen molar-refractivity contribution >= 4 is 61.0 Å². The van der Waals surface area contributed by atoms with Gasteiger partial charge in [-0.05, 0) is 37.6 Å². The molecule has 2 aromatic carbocycles. The fraction of sp³-hybridized carbons (Fsp3) is 0.394. The summed E-state index contributed by atoms with van der Waals surface area (Å²) in [4.78, 5) is 34.2. The Bertz CT molecular complexity index is 2300. The fourth-order valence-electron chi connectivity index (χ4n) is 7.60. The number of anilines is 2. The van der Waals surface area contributed by atoms with Gasteiger partial charge in [-0.2, -0.15) is 15.2 Å². The number of imidazole rings is 1. The van der Waals surface area contributed by atoms with Crippen LogP contribution in [0.4, 0.5) is 37.7 Å². The molecule has 19 heteroatoms. The predicted octanol–water partition coefficient (Wildman–Crippen LogP) is 5.87. The summed E-state index contributed by atoms with van der Waals surface area (Å²) in [6, 6.07) is 4.33. The Labute approximate surface area is 301 Å². The number of nitrogen functional groups attached to an aromatic ring is 1. The number of nitrogens with two attached hydrogens (primary N) is 1. The van der Waals surface area contributed by atoms with Gasteiger partial charge in [-0.1, -0.05) is 22.9 Å². The molecule has 3 aromatic heterocycles. The van der Waals surface area contributed by atoms with Crippen molar-refractivity contribution in [2.75, 3.05) is 56.5 Å². The van der Waals surface area contributed by atoms with Crippen molar-refractivity contribution in [1.82, 2.24) is 34.3 Å². The molecule has 3 fully saturated rings. The van der Waals surface area contributed by atoms with Crippen LogP contribution in [-0.4, -0.2) is 104 Å². The maximum atomic E-state index is 16.9. The number of nitriles is 1. The van der Waals surface area contributed by atoms with E-state index < -0.39 is 48.4 Å². The Morgan fingerprint density at radius 2 is 1.98 bits per heavy atom. The molecule has 0 bridgehead atoms. The zero-order valence-electron chi connectivity index (χ0n) is 27.1. The van der Waals surface area contributed by atoms with E-state index in [0.717, 1.165) is 33.3 Å². The molecule has 1 amide bonds. The molecule has 6 heterocycles. The summed E-state index contributed by atoms with van der Waals surface area (Å²) in [6.07, 6.45) is 3.08. The van der Waals surface area contributed by atoms with E-state index in [1.165, 1.54) is 29.4 Å². The first kappa shape index (κ1) is 34.2. The molecule has 0 aliphatic carbocycles. The molecule has 2 atom stereocenters. The number of carbonyl (C=O) groups is 1. The van der Waals surface area contributed by atoms with E-state index in [2.05, 4.69) is 19.9 Å². The maximum Gasteiger partial charge on any atom is 0.330 e. The van der Waals surface area contributed by atoms with E-state index in [1.54, 1.807) is 6.07 Å². The number of hydrogen-bond acceptors (Lipinski definition) is 11. The lowest BCUT2D eigenvalue weighted by Gasteiger charge is -2.31. The van der Waals surface area contributed by atoms with Crippen LogP contribution in [0.1, 0.15) is 25.1 Å². The molecule has 0 saturated carbocycles. The quantitative estimate of drug-likeness (QED) is 0.216. The molecule has 0 unspecified atom stereocenters. The number of hydrogen-bond donors (Lipinski definition) is 1. The Balaban J connectivity index is 1.23. The number of fused-ring (bicyclic) bond motifs is 3. The highest BCUT2D eigenvalue weighted by Crippen LogP contribution is 2.44. The molecule has 0 spiro atoms. The molecule has 12 nitrogen and oxygen atoms in total. The first-order valence-corrected chi connectivity index (χ1v) is 17.5. The lowest BCUT2D eigenvalue weighted by Crippen LogP contribution is -2.44. The second-order valence-corrected chi connectivity index (χ2v) is 14.6. The number of benzene rings is 2. The topological polar surface area (TPSA) is 142 Å². The third-order valence-corrected chi connectivity index (χ3v) is 11.0. The average molecular weight is 759 g/mol. The lowest BCUT2D eigenvalue weighted by atomic mass is 9.95. The van der Waals surface area contributed by atoms with Gasteiger partial charge in [0.2, 0.25) is 5.82 Å². The molecular formula is C33H28ClF5N10O2S. The summed E-state index contributed by atoms with van der Waals surface area (Å²) in [5, 5.41) is 9.19. The van der Waals surface area contributed by atoms with E-state index in [-0.39, 0.29) is 92.7 Å². The summed E-state index contributed by atoms with van der Waals surface area (Å²) in [5.41, 5.74) is 4.94. The summed E-state index contributed by atoms with van der Waals surface area (Å²) in [5.74, 6) is -5.49. The van der Waals surface area contributed by atoms with Crippen LogP contribution in [0.25, 0.3) is 32.2 Å². The molecule has 8 rings (SSSR count). The van der Waals surface area contributed by atoms with Gasteiger partial charge in [0.05, 0.1) is 33.9 Å². The van der Waals surface area contributed by atoms with E-state index in [0.29, 0.717) is 13.0 Å². The molecule has 3 aliphatic rings. The van der Waals surface area contributed by atoms with Crippen LogP contribution < -0.4 is 15.4 Å². The van der Waals surface area contributed by atoms with Crippen molar-refractivity contribution in [3.63, 3.8) is 0 Å². The minimum Gasteiger partial charge on any atom is -0.461 e. The Morgan fingerprint density at radius 3 is 2.79 bits per heavy atom. The molecule has 270 valence electrons. The monoisotopic (exact) mass is 758 g/mol. The van der Waals surface area contributed by atoms with E-state index >= 15 is 13.2 Å². The first-order chi connectivity index (χ1) is 24.9. The minimum absolute atomic E-state index is 0.0261. The second-order valence-electron chi connectivity index (χ2n) is 13.2. The van der Waals surface area contributed by atoms with Crippen LogP contribution in [0, 0.1) is 23.0 Å². The predicted molar refractivity (Wildman–Crippen MR) is 183 cm³/mol. The third kappa shape index (κ3) is 5.80. The van der Waals surface area contributed by atoms with Crippen LogP contribution in [0.15, 0.2) is 30.6 Å². The average Bonchev–Trinajstić information content (AvgIpc) is 3.87. The number of thiazole rings is 1. The Morgan fingerprint density at radius 1 is 1.15 bits per heavy atom. The van der Waals surface area contributed by atoms with Gasteiger partial charge in [0.25, 0.3) is 5.92 Å². The number of halogens is 6. The standard InChI is InChI=1S/C33H28ClF5N10O2S/c34-20-10-19-25(24(37)23(20)18-2-3-21(36)27-26(18)43-29(41)52-27)44-30(51-16-32-4-1-6-48(32)13-17(35)11-32)45-28(19)46-8-9-47(15-33(38,39)14-46)31(50)49-7-5-42-22(49)12-40/h2-3,5,7,10,17H,1,4,6,8-9,11,13-16H2,(H2,41,43)/t17-,32+/m1/s1. The number of nitrogens with zero attached hydrogens (tertiary/aromatic N) is 9. The Kier molecular flexibility index (Phi) is 8.34. The maximum absolute atomic E-state index is 16.9. The number of carbonyl (C=O) groups excluding carboxylic acids is 1. The molecule has 52 heavy (non-hydrogen) atoms. The molecule has 2 N–H and O–H groups in total. The van der Waals surface area contributed by atoms with Crippen molar-refractivity contribution < 1.29 is 31.5 Å². The van der Waals surface area contributed by atoms with Gasteiger partial charge in [-0.15, -0.1) is 0 Å². The Hall–Kier alpha value is -4.86. The van der Waals surface area contributed by atoms with Gasteiger partial charge in [0, 0.05) is 55.0 Å². The highest BCUT2D eigenvalue weighted by molar-refractivity contribution is 7.22. The van der Waals surface area contributed by atoms with Crippen LogP contribution in [0.3, 0.4) is 0 Å². The highest BCUT2D eigenvalue weighted by Gasteiger charge is 2.49. The molecule has 3 aliphatic heterocycles. The van der Waals surface area contributed by atoms with Crippen molar-refractivity contribution in [3.8, 4) is 23.2 Å². The van der Waals surface area contributed by atoms with Crippen molar-refractivity contribution in [1.29, 1.82) is 5.26 Å². The van der Waals surface area contributed by atoms with Crippen LogP contribution in [-0.2, 0) is 0 Å². The smallest absolute Gasteiger partial charge is 0.330 e. The zero-order valence-corrected chi connectivity index (χ0v) is 28.7. The number of aromatic nitrogens is 5. The first-order valence-electron chi connectivity index (χ1n) is 16.3. The fourth-order valence-corrected chi connectivity index (χ4v) is 8.66. The van der Waals surface area contributed by atoms with Crippen LogP contribution >= 0.6 is 22.9 Å². The minimum atomic E-state index is -3.51. The van der Waals surface area contributed by atoms with Gasteiger partial charge < -0.3 is 20.3 Å². The number of amides is 1. The van der Waals surface area contributed by atoms with E-state index in [9.17, 15) is 18.8 Å². The van der Waals surface area contributed by atoms with Crippen LogP contribution in [0.5, 0.6) is 6.01 Å². The largest absolute Gasteiger partial charge is 0.461 e. The van der Waals surface area contributed by atoms with Gasteiger partial charge in [0.15, 0.2) is 10.9 Å². The van der Waals surface area contributed by atoms with Crippen molar-refractivity contribution in [2.45, 2.75) is 36.9 Å². The number of rotatable bonds is 5. The SMILES string of the molecule is N#Cc1nccn1C(=O)N1CCN(c2nc(OC[C@@]34CCCN3C[C@H](F)C4)nc3c(F)c(-c4ccc(F)c5sc(N)nc45)c(Cl)cc23)CC(F)(F)C1. The molecular weight excluding hydrogens is 731 g/mol. The molecule has 5 aromatic rings. The van der Waals surface area contributed by atoms with Gasteiger partial charge in [-0.3, -0.25) is 4.90 Å². The second kappa shape index (κ2) is 12.7. The van der Waals surface area contributed by atoms with Crippen LogP contribution in [0.2, 0.25) is 5.02 Å². The van der Waals surface area contributed by atoms with E-state index in [1.807, 2.05) is 4.90 Å². The molecule has 3 saturated heterocycles. The van der Waals surface area contributed by atoms with Gasteiger partial charge in [0.1, 0.15) is 36.0 Å².